The van der Waals surface area contributed by atoms with Crippen molar-refractivity contribution in [1.82, 2.24) is 5.32 Å². The largest absolute Gasteiger partial charge is 0.383 e. The van der Waals surface area contributed by atoms with Gasteiger partial charge in [-0.05, 0) is 43.7 Å². The average Bonchev–Trinajstić information content (AvgIpc) is 2.67. The molecule has 8 nitrogen and oxygen atoms in total. The molecular formula is C21H27N3O5S. The number of carbonyl (C=O) groups excluding carboxylic acids is 2. The minimum atomic E-state index is -3.73. The number of amides is 2. The quantitative estimate of drug-likeness (QED) is 0.590. The summed E-state index contributed by atoms with van der Waals surface area (Å²) in [5.41, 5.74) is 1.83. The van der Waals surface area contributed by atoms with Crippen LogP contribution >= 0.6 is 0 Å². The molecule has 162 valence electrons. The van der Waals surface area contributed by atoms with Crippen LogP contribution in [0.4, 0.5) is 11.4 Å². The van der Waals surface area contributed by atoms with Gasteiger partial charge in [0.15, 0.2) is 0 Å². The molecule has 0 saturated heterocycles. The average molecular weight is 434 g/mol. The number of carbonyl (C=O) groups is 2. The Hall–Kier alpha value is -2.91. The number of ether oxygens (including phenoxy) is 1. The van der Waals surface area contributed by atoms with Gasteiger partial charge in [0.1, 0.15) is 6.04 Å². The first-order chi connectivity index (χ1) is 14.1. The second kappa shape index (κ2) is 10.2. The molecule has 0 spiro atoms. The van der Waals surface area contributed by atoms with E-state index in [2.05, 4.69) is 10.6 Å². The van der Waals surface area contributed by atoms with Crippen LogP contribution in [0.25, 0.3) is 0 Å². The standard InChI is InChI=1S/C21H27N3O5S/c1-15-8-7-9-17(14-15)24(30(4,27)28)16(2)20(25)23-19-11-6-5-10-18(19)21(26)22-12-13-29-3/h5-11,14,16H,12-13H2,1-4H3,(H,22,26)(H,23,25)/t16-/m1/s1. The Labute approximate surface area is 177 Å². The van der Waals surface area contributed by atoms with Crippen LogP contribution < -0.4 is 14.9 Å². The lowest BCUT2D eigenvalue weighted by molar-refractivity contribution is -0.116. The molecule has 2 rings (SSSR count). The number of rotatable bonds is 9. The number of benzene rings is 2. The van der Waals surface area contributed by atoms with Crippen molar-refractivity contribution in [2.75, 3.05) is 36.1 Å². The third kappa shape index (κ3) is 6.04. The summed E-state index contributed by atoms with van der Waals surface area (Å²) < 4.78 is 30.8. The first-order valence-corrected chi connectivity index (χ1v) is 11.2. The number of hydrogen-bond donors (Lipinski definition) is 2. The molecule has 1 atom stereocenters. The molecule has 0 unspecified atom stereocenters. The fourth-order valence-corrected chi connectivity index (χ4v) is 4.13. The molecule has 0 saturated carbocycles. The molecule has 2 aromatic carbocycles. The van der Waals surface area contributed by atoms with Crippen LogP contribution in [0, 0.1) is 6.92 Å². The van der Waals surface area contributed by atoms with E-state index in [1.807, 2.05) is 13.0 Å². The lowest BCUT2D eigenvalue weighted by Crippen LogP contribution is -2.45. The predicted octanol–water partition coefficient (Wildman–Crippen LogP) is 2.16. The zero-order chi connectivity index (χ0) is 22.3. The Morgan fingerprint density at radius 3 is 2.47 bits per heavy atom. The fourth-order valence-electron chi connectivity index (χ4n) is 2.96. The molecule has 2 N–H and O–H groups in total. The Kier molecular flexibility index (Phi) is 7.96. The molecule has 2 aromatic rings. The number of aryl methyl sites for hydroxylation is 1. The summed E-state index contributed by atoms with van der Waals surface area (Å²) in [7, 11) is -2.20. The maximum atomic E-state index is 12.9. The Morgan fingerprint density at radius 2 is 1.83 bits per heavy atom. The highest BCUT2D eigenvalue weighted by molar-refractivity contribution is 7.92. The zero-order valence-electron chi connectivity index (χ0n) is 17.5. The molecule has 0 aliphatic heterocycles. The molecule has 9 heteroatoms. The van der Waals surface area contributed by atoms with Gasteiger partial charge in [0, 0.05) is 13.7 Å². The van der Waals surface area contributed by atoms with Crippen molar-refractivity contribution in [3.05, 3.63) is 59.7 Å². The Morgan fingerprint density at radius 1 is 1.13 bits per heavy atom. The van der Waals surface area contributed by atoms with Gasteiger partial charge in [0.2, 0.25) is 15.9 Å². The normalized spacial score (nSPS) is 12.1. The van der Waals surface area contributed by atoms with Gasteiger partial charge in [0.25, 0.3) is 5.91 Å². The van der Waals surface area contributed by atoms with Gasteiger partial charge in [-0.15, -0.1) is 0 Å². The lowest BCUT2D eigenvalue weighted by atomic mass is 10.1. The molecule has 0 heterocycles. The molecule has 0 aliphatic carbocycles. The van der Waals surface area contributed by atoms with E-state index in [1.165, 1.54) is 14.0 Å². The van der Waals surface area contributed by atoms with E-state index >= 15 is 0 Å². The molecule has 0 radical (unpaired) electrons. The van der Waals surface area contributed by atoms with Gasteiger partial charge in [-0.1, -0.05) is 24.3 Å². The van der Waals surface area contributed by atoms with Gasteiger partial charge in [-0.2, -0.15) is 0 Å². The first-order valence-electron chi connectivity index (χ1n) is 9.38. The Balaban J connectivity index is 2.27. The van der Waals surface area contributed by atoms with Crippen molar-refractivity contribution >= 4 is 33.2 Å². The van der Waals surface area contributed by atoms with Crippen molar-refractivity contribution < 1.29 is 22.7 Å². The van der Waals surface area contributed by atoms with E-state index in [9.17, 15) is 18.0 Å². The SMILES string of the molecule is COCCNC(=O)c1ccccc1NC(=O)[C@@H](C)N(c1cccc(C)c1)S(C)(=O)=O. The third-order valence-corrected chi connectivity index (χ3v) is 5.61. The second-order valence-electron chi connectivity index (χ2n) is 6.86. The Bertz CT molecular complexity index is 1010. The molecule has 30 heavy (non-hydrogen) atoms. The van der Waals surface area contributed by atoms with Crippen molar-refractivity contribution in [3.63, 3.8) is 0 Å². The zero-order valence-corrected chi connectivity index (χ0v) is 18.3. The number of nitrogens with zero attached hydrogens (tertiary/aromatic N) is 1. The fraction of sp³-hybridized carbons (Fsp3) is 0.333. The molecule has 0 aliphatic rings. The van der Waals surface area contributed by atoms with Crippen LogP contribution in [-0.4, -0.2) is 52.8 Å². The highest BCUT2D eigenvalue weighted by atomic mass is 32.2. The van der Waals surface area contributed by atoms with Crippen molar-refractivity contribution in [2.45, 2.75) is 19.9 Å². The predicted molar refractivity (Wildman–Crippen MR) is 117 cm³/mol. The minimum Gasteiger partial charge on any atom is -0.383 e. The topological polar surface area (TPSA) is 105 Å². The van der Waals surface area contributed by atoms with Gasteiger partial charge in [0.05, 0.1) is 29.8 Å². The number of anilines is 2. The summed E-state index contributed by atoms with van der Waals surface area (Å²) in [6.07, 6.45) is 1.05. The number of methoxy groups -OCH3 is 1. The molecular weight excluding hydrogens is 406 g/mol. The van der Waals surface area contributed by atoms with Crippen molar-refractivity contribution in [1.29, 1.82) is 0 Å². The summed E-state index contributed by atoms with van der Waals surface area (Å²) in [5, 5.41) is 5.38. The monoisotopic (exact) mass is 433 g/mol. The van der Waals surface area contributed by atoms with Crippen LogP contribution in [0.5, 0.6) is 0 Å². The van der Waals surface area contributed by atoms with Crippen LogP contribution in [0.3, 0.4) is 0 Å². The number of hydrogen-bond acceptors (Lipinski definition) is 5. The maximum absolute atomic E-state index is 12.9. The number of sulfonamides is 1. The van der Waals surface area contributed by atoms with Gasteiger partial charge >= 0.3 is 0 Å². The molecule has 0 aromatic heterocycles. The number of para-hydroxylation sites is 1. The van der Waals surface area contributed by atoms with Gasteiger partial charge < -0.3 is 15.4 Å². The van der Waals surface area contributed by atoms with E-state index < -0.39 is 22.0 Å². The lowest BCUT2D eigenvalue weighted by Gasteiger charge is -2.28. The number of nitrogens with one attached hydrogen (secondary N) is 2. The summed E-state index contributed by atoms with van der Waals surface area (Å²) in [5.74, 6) is -0.923. The van der Waals surface area contributed by atoms with E-state index in [1.54, 1.807) is 42.5 Å². The smallest absolute Gasteiger partial charge is 0.253 e. The van der Waals surface area contributed by atoms with E-state index in [4.69, 9.17) is 4.74 Å². The van der Waals surface area contributed by atoms with Crippen molar-refractivity contribution in [2.24, 2.45) is 0 Å². The summed E-state index contributed by atoms with van der Waals surface area (Å²) in [6, 6.07) is 12.4. The van der Waals surface area contributed by atoms with Crippen LogP contribution in [0.15, 0.2) is 48.5 Å². The van der Waals surface area contributed by atoms with Crippen molar-refractivity contribution in [3.8, 4) is 0 Å². The molecule has 0 fully saturated rings. The highest BCUT2D eigenvalue weighted by Gasteiger charge is 2.29. The van der Waals surface area contributed by atoms with Gasteiger partial charge in [-0.3, -0.25) is 13.9 Å². The first kappa shape index (κ1) is 23.4. The second-order valence-corrected chi connectivity index (χ2v) is 8.72. The van der Waals surface area contributed by atoms with E-state index in [0.29, 0.717) is 24.5 Å². The van der Waals surface area contributed by atoms with E-state index in [0.717, 1.165) is 16.1 Å². The third-order valence-electron chi connectivity index (χ3n) is 4.37. The van der Waals surface area contributed by atoms with Crippen LogP contribution in [0.2, 0.25) is 0 Å². The van der Waals surface area contributed by atoms with Crippen LogP contribution in [0.1, 0.15) is 22.8 Å². The summed E-state index contributed by atoms with van der Waals surface area (Å²) in [6.45, 7) is 4.02. The molecule has 2 amide bonds. The summed E-state index contributed by atoms with van der Waals surface area (Å²) >= 11 is 0. The van der Waals surface area contributed by atoms with E-state index in [-0.39, 0.29) is 11.5 Å². The van der Waals surface area contributed by atoms with Crippen LogP contribution in [-0.2, 0) is 19.6 Å². The summed E-state index contributed by atoms with van der Waals surface area (Å²) in [4.78, 5) is 25.3. The molecule has 0 bridgehead atoms. The maximum Gasteiger partial charge on any atom is 0.253 e. The van der Waals surface area contributed by atoms with Gasteiger partial charge in [-0.25, -0.2) is 8.42 Å². The highest BCUT2D eigenvalue weighted by Crippen LogP contribution is 2.23. The minimum absolute atomic E-state index is 0.274.